The van der Waals surface area contributed by atoms with Gasteiger partial charge in [-0.05, 0) is 68.6 Å². The summed E-state index contributed by atoms with van der Waals surface area (Å²) in [6, 6.07) is 0. The molecule has 1 unspecified atom stereocenters. The van der Waals surface area contributed by atoms with Crippen molar-refractivity contribution in [2.24, 2.45) is 30.2 Å². The molecule has 0 aliphatic heterocycles. The molecule has 110 valence electrons. The van der Waals surface area contributed by atoms with Crippen molar-refractivity contribution in [1.29, 1.82) is 0 Å². The first-order valence-electron chi connectivity index (χ1n) is 8.27. The third kappa shape index (κ3) is 1.61. The molecule has 0 saturated heterocycles. The second kappa shape index (κ2) is 4.02. The summed E-state index contributed by atoms with van der Waals surface area (Å²) in [5.74, 6) is 5.45. The Hall–Kier alpha value is -0.990. The third-order valence-corrected chi connectivity index (χ3v) is 6.81. The van der Waals surface area contributed by atoms with Gasteiger partial charge in [0, 0.05) is 13.0 Å². The lowest BCUT2D eigenvalue weighted by atomic mass is 9.46. The van der Waals surface area contributed by atoms with E-state index in [1.54, 1.807) is 0 Å². The zero-order valence-corrected chi connectivity index (χ0v) is 13.0. The van der Waals surface area contributed by atoms with E-state index in [2.05, 4.69) is 13.8 Å². The van der Waals surface area contributed by atoms with E-state index in [0.717, 1.165) is 29.4 Å². The monoisotopic (exact) mass is 273 g/mol. The number of nitrogens with two attached hydrogens (primary N) is 1. The van der Waals surface area contributed by atoms with Crippen LogP contribution in [-0.2, 0) is 7.05 Å². The van der Waals surface area contributed by atoms with Crippen LogP contribution in [0, 0.1) is 30.1 Å². The first kappa shape index (κ1) is 12.7. The molecule has 5 rings (SSSR count). The van der Waals surface area contributed by atoms with Crippen molar-refractivity contribution in [3.63, 3.8) is 0 Å². The maximum absolute atomic E-state index is 6.32. The molecular formula is C17H27N3. The third-order valence-electron chi connectivity index (χ3n) is 6.81. The lowest BCUT2D eigenvalue weighted by molar-refractivity contribution is -0.0660. The van der Waals surface area contributed by atoms with Crippen molar-refractivity contribution in [3.8, 4) is 0 Å². The highest BCUT2D eigenvalue weighted by atomic mass is 15.1. The zero-order chi connectivity index (χ0) is 14.1. The van der Waals surface area contributed by atoms with Crippen molar-refractivity contribution in [3.05, 3.63) is 11.5 Å². The fourth-order valence-electron chi connectivity index (χ4n) is 5.97. The fourth-order valence-corrected chi connectivity index (χ4v) is 5.97. The van der Waals surface area contributed by atoms with Crippen LogP contribution < -0.4 is 5.73 Å². The topological polar surface area (TPSA) is 43.8 Å². The minimum Gasteiger partial charge on any atom is -0.384 e. The van der Waals surface area contributed by atoms with Crippen LogP contribution in [0.25, 0.3) is 0 Å². The van der Waals surface area contributed by atoms with Crippen LogP contribution in [0.1, 0.15) is 62.9 Å². The highest BCUT2D eigenvalue weighted by Gasteiger charge is 2.53. The lowest BCUT2D eigenvalue weighted by Gasteiger charge is -2.59. The van der Waals surface area contributed by atoms with E-state index in [1.807, 2.05) is 11.6 Å². The van der Waals surface area contributed by atoms with Crippen LogP contribution in [0.5, 0.6) is 0 Å². The maximum Gasteiger partial charge on any atom is 0.126 e. The van der Waals surface area contributed by atoms with Crippen molar-refractivity contribution in [2.75, 3.05) is 5.73 Å². The van der Waals surface area contributed by atoms with Crippen LogP contribution in [0.2, 0.25) is 0 Å². The van der Waals surface area contributed by atoms with Gasteiger partial charge in [-0.25, -0.2) is 4.98 Å². The molecule has 3 nitrogen and oxygen atoms in total. The number of hydrogen-bond acceptors (Lipinski definition) is 2. The Labute approximate surface area is 122 Å². The lowest BCUT2D eigenvalue weighted by Crippen LogP contribution is -2.48. The van der Waals surface area contributed by atoms with E-state index in [-0.39, 0.29) is 0 Å². The molecule has 4 fully saturated rings. The summed E-state index contributed by atoms with van der Waals surface area (Å²) in [6.45, 7) is 4.46. The van der Waals surface area contributed by atoms with Gasteiger partial charge >= 0.3 is 0 Å². The molecule has 0 amide bonds. The molecule has 1 aromatic rings. The largest absolute Gasteiger partial charge is 0.384 e. The molecule has 0 aromatic carbocycles. The van der Waals surface area contributed by atoms with Gasteiger partial charge < -0.3 is 10.3 Å². The smallest absolute Gasteiger partial charge is 0.126 e. The minimum atomic E-state index is 0.504. The molecule has 4 aliphatic rings. The number of nitrogen functional groups attached to an aromatic ring is 1. The minimum absolute atomic E-state index is 0.504. The molecule has 0 spiro atoms. The van der Waals surface area contributed by atoms with Gasteiger partial charge in [0.2, 0.25) is 0 Å². The highest BCUT2D eigenvalue weighted by molar-refractivity contribution is 5.41. The maximum atomic E-state index is 6.32. The van der Waals surface area contributed by atoms with Gasteiger partial charge in [0.1, 0.15) is 11.6 Å². The van der Waals surface area contributed by atoms with Crippen LogP contribution in [0.15, 0.2) is 0 Å². The molecule has 4 bridgehead atoms. The van der Waals surface area contributed by atoms with Gasteiger partial charge in [0.25, 0.3) is 0 Å². The number of nitrogens with zero attached hydrogens (tertiary/aromatic N) is 2. The van der Waals surface area contributed by atoms with Crippen LogP contribution in [0.3, 0.4) is 0 Å². The van der Waals surface area contributed by atoms with Gasteiger partial charge in [-0.3, -0.25) is 0 Å². The van der Waals surface area contributed by atoms with Crippen molar-refractivity contribution in [2.45, 2.75) is 58.3 Å². The molecule has 4 aliphatic carbocycles. The molecular weight excluding hydrogens is 246 g/mol. The molecule has 4 saturated carbocycles. The summed E-state index contributed by atoms with van der Waals surface area (Å²) in [5, 5.41) is 0. The van der Waals surface area contributed by atoms with Crippen molar-refractivity contribution < 1.29 is 0 Å². The van der Waals surface area contributed by atoms with Crippen molar-refractivity contribution in [1.82, 2.24) is 9.55 Å². The molecule has 20 heavy (non-hydrogen) atoms. The highest BCUT2D eigenvalue weighted by Crippen LogP contribution is 2.64. The van der Waals surface area contributed by atoms with Gasteiger partial charge in [0.15, 0.2) is 0 Å². The molecule has 2 N–H and O–H groups in total. The number of anilines is 1. The second-order valence-corrected chi connectivity index (χ2v) is 7.99. The summed E-state index contributed by atoms with van der Waals surface area (Å²) in [6.07, 6.45) is 8.79. The number of imidazole rings is 1. The quantitative estimate of drug-likeness (QED) is 0.894. The normalized spacial score (nSPS) is 40.2. The fraction of sp³-hybridized carbons (Fsp3) is 0.824. The zero-order valence-electron chi connectivity index (χ0n) is 13.0. The summed E-state index contributed by atoms with van der Waals surface area (Å²) in [5.41, 5.74) is 8.00. The number of hydrogen-bond donors (Lipinski definition) is 1. The molecule has 3 heteroatoms. The SMILES string of the molecule is Cc1nc(C(C)C23CC4CC(CC(C4)C2)C3)c(N)n1C. The second-order valence-electron chi connectivity index (χ2n) is 7.99. The van der Waals surface area contributed by atoms with E-state index < -0.39 is 0 Å². The van der Waals surface area contributed by atoms with E-state index in [4.69, 9.17) is 10.7 Å². The first-order valence-corrected chi connectivity index (χ1v) is 8.27. The Balaban J connectivity index is 1.71. The summed E-state index contributed by atoms with van der Waals surface area (Å²) >= 11 is 0. The van der Waals surface area contributed by atoms with E-state index >= 15 is 0 Å². The predicted molar refractivity (Wildman–Crippen MR) is 81.4 cm³/mol. The Bertz CT molecular complexity index is 507. The summed E-state index contributed by atoms with van der Waals surface area (Å²) < 4.78 is 2.05. The van der Waals surface area contributed by atoms with Gasteiger partial charge in [-0.2, -0.15) is 0 Å². The number of aromatic nitrogens is 2. The van der Waals surface area contributed by atoms with E-state index in [0.29, 0.717) is 11.3 Å². The van der Waals surface area contributed by atoms with E-state index in [9.17, 15) is 0 Å². The average Bonchev–Trinajstić information content (AvgIpc) is 2.64. The summed E-state index contributed by atoms with van der Waals surface area (Å²) in [7, 11) is 2.04. The summed E-state index contributed by atoms with van der Waals surface area (Å²) in [4.78, 5) is 4.80. The Morgan fingerprint density at radius 2 is 1.65 bits per heavy atom. The van der Waals surface area contributed by atoms with Crippen LogP contribution in [0.4, 0.5) is 5.82 Å². The van der Waals surface area contributed by atoms with Crippen molar-refractivity contribution >= 4 is 5.82 Å². The molecule has 1 aromatic heterocycles. The average molecular weight is 273 g/mol. The number of aryl methyl sites for hydroxylation is 1. The Morgan fingerprint density at radius 1 is 1.15 bits per heavy atom. The predicted octanol–water partition coefficient (Wildman–Crippen LogP) is 3.63. The van der Waals surface area contributed by atoms with E-state index in [1.165, 1.54) is 44.2 Å². The number of rotatable bonds is 2. The first-order chi connectivity index (χ1) is 9.48. The Kier molecular flexibility index (Phi) is 2.56. The molecule has 1 heterocycles. The van der Waals surface area contributed by atoms with Crippen LogP contribution in [-0.4, -0.2) is 9.55 Å². The molecule has 1 atom stereocenters. The molecule has 0 radical (unpaired) electrons. The van der Waals surface area contributed by atoms with Gasteiger partial charge in [0.05, 0.1) is 5.69 Å². The standard InChI is InChI=1S/C17H27N3/c1-10(15-16(18)20(3)11(2)19-15)17-7-12-4-13(8-17)6-14(5-12)9-17/h10,12-14H,4-9,18H2,1-3H3. The Morgan fingerprint density at radius 3 is 2.05 bits per heavy atom. The van der Waals surface area contributed by atoms with Gasteiger partial charge in [-0.1, -0.05) is 6.92 Å². The van der Waals surface area contributed by atoms with Crippen LogP contribution >= 0.6 is 0 Å². The van der Waals surface area contributed by atoms with Gasteiger partial charge in [-0.15, -0.1) is 0 Å².